The predicted molar refractivity (Wildman–Crippen MR) is 81.6 cm³/mol. The minimum atomic E-state index is 0.383. The van der Waals surface area contributed by atoms with Crippen molar-refractivity contribution in [2.75, 3.05) is 25.0 Å². The van der Waals surface area contributed by atoms with Gasteiger partial charge in [-0.2, -0.15) is 0 Å². The highest BCUT2D eigenvalue weighted by atomic mass is 15.2. The summed E-state index contributed by atoms with van der Waals surface area (Å²) >= 11 is 0. The lowest BCUT2D eigenvalue weighted by molar-refractivity contribution is 0.510. The van der Waals surface area contributed by atoms with Gasteiger partial charge in [-0.3, -0.25) is 4.99 Å². The number of nitrogens with zero attached hydrogens (tertiary/aromatic N) is 1. The number of benzene rings is 1. The molecule has 2 rings (SSSR count). The number of hydrogen-bond acceptors (Lipinski definition) is 4. The van der Waals surface area contributed by atoms with Gasteiger partial charge in [-0.1, -0.05) is 32.0 Å². The van der Waals surface area contributed by atoms with Crippen molar-refractivity contribution in [3.05, 3.63) is 30.3 Å². The first-order valence-corrected chi connectivity index (χ1v) is 7.09. The van der Waals surface area contributed by atoms with E-state index >= 15 is 0 Å². The van der Waals surface area contributed by atoms with E-state index in [1.807, 2.05) is 6.07 Å². The molecular weight excluding hydrogens is 236 g/mol. The zero-order chi connectivity index (χ0) is 13.5. The maximum absolute atomic E-state index is 4.43. The van der Waals surface area contributed by atoms with Gasteiger partial charge in [0.05, 0.1) is 0 Å². The normalized spacial score (nSPS) is 16.5. The number of para-hydroxylation sites is 1. The average Bonchev–Trinajstić information content (AvgIpc) is 2.45. The lowest BCUT2D eigenvalue weighted by Gasteiger charge is -2.25. The maximum Gasteiger partial charge on any atom is 0.191 e. The fourth-order valence-electron chi connectivity index (χ4n) is 2.06. The largest absolute Gasteiger partial charge is 0.380 e. The number of anilines is 1. The minimum absolute atomic E-state index is 0.383. The van der Waals surface area contributed by atoms with Crippen LogP contribution in [0.1, 0.15) is 20.3 Å². The second-order valence-electron chi connectivity index (χ2n) is 5.25. The van der Waals surface area contributed by atoms with Gasteiger partial charge in [-0.15, -0.1) is 0 Å². The Hall–Kier alpha value is -1.71. The van der Waals surface area contributed by atoms with Gasteiger partial charge in [0.15, 0.2) is 5.96 Å². The molecule has 0 fully saturated rings. The highest BCUT2D eigenvalue weighted by Crippen LogP contribution is 2.11. The van der Waals surface area contributed by atoms with Crippen LogP contribution in [-0.4, -0.2) is 31.6 Å². The molecule has 0 bridgehead atoms. The van der Waals surface area contributed by atoms with E-state index in [1.54, 1.807) is 0 Å². The Balaban J connectivity index is 1.87. The van der Waals surface area contributed by atoms with Gasteiger partial charge in [0.2, 0.25) is 0 Å². The highest BCUT2D eigenvalue weighted by Gasteiger charge is 2.14. The van der Waals surface area contributed by atoms with Crippen LogP contribution in [0.25, 0.3) is 0 Å². The molecular formula is C15H24N4. The number of hydrogen-bond donors (Lipinski definition) is 3. The molecule has 1 atom stereocenters. The summed E-state index contributed by atoms with van der Waals surface area (Å²) in [5.74, 6) is 1.49. The topological polar surface area (TPSA) is 48.5 Å². The average molecular weight is 260 g/mol. The Bertz CT molecular complexity index is 400. The lowest BCUT2D eigenvalue weighted by Crippen LogP contribution is -2.46. The van der Waals surface area contributed by atoms with E-state index in [-0.39, 0.29) is 0 Å². The molecule has 1 aliphatic rings. The summed E-state index contributed by atoms with van der Waals surface area (Å²) in [4.78, 5) is 4.43. The third-order valence-electron chi connectivity index (χ3n) is 3.32. The third kappa shape index (κ3) is 4.47. The van der Waals surface area contributed by atoms with Crippen molar-refractivity contribution in [3.8, 4) is 0 Å². The molecule has 0 amide bonds. The van der Waals surface area contributed by atoms with Crippen LogP contribution in [0, 0.1) is 5.92 Å². The van der Waals surface area contributed by atoms with Crippen LogP contribution in [0.5, 0.6) is 0 Å². The molecule has 1 unspecified atom stereocenters. The van der Waals surface area contributed by atoms with E-state index in [0.717, 1.165) is 32.0 Å². The number of rotatable bonds is 5. The summed E-state index contributed by atoms with van der Waals surface area (Å²) in [7, 11) is 0. The lowest BCUT2D eigenvalue weighted by atomic mass is 10.0. The molecule has 1 aromatic carbocycles. The van der Waals surface area contributed by atoms with Crippen molar-refractivity contribution in [2.24, 2.45) is 10.9 Å². The quantitative estimate of drug-likeness (QED) is 0.759. The van der Waals surface area contributed by atoms with E-state index in [9.17, 15) is 0 Å². The first-order valence-electron chi connectivity index (χ1n) is 7.09. The summed E-state index contributed by atoms with van der Waals surface area (Å²) in [5.41, 5.74) is 1.17. The summed E-state index contributed by atoms with van der Waals surface area (Å²) in [5, 5.41) is 10.3. The molecule has 1 aliphatic heterocycles. The molecule has 0 saturated heterocycles. The molecule has 0 aliphatic carbocycles. The van der Waals surface area contributed by atoms with Crippen molar-refractivity contribution >= 4 is 11.6 Å². The Morgan fingerprint density at radius 2 is 2.05 bits per heavy atom. The van der Waals surface area contributed by atoms with E-state index in [1.165, 1.54) is 5.69 Å². The molecule has 0 aromatic heterocycles. The monoisotopic (exact) mass is 260 g/mol. The zero-order valence-electron chi connectivity index (χ0n) is 11.8. The van der Waals surface area contributed by atoms with Gasteiger partial charge < -0.3 is 16.0 Å². The maximum atomic E-state index is 4.43. The third-order valence-corrected chi connectivity index (χ3v) is 3.32. The Labute approximate surface area is 115 Å². The molecule has 0 radical (unpaired) electrons. The van der Waals surface area contributed by atoms with Gasteiger partial charge in [-0.25, -0.2) is 0 Å². The van der Waals surface area contributed by atoms with Crippen LogP contribution in [0.15, 0.2) is 35.3 Å². The second kappa shape index (κ2) is 7.02. The van der Waals surface area contributed by atoms with Crippen molar-refractivity contribution < 1.29 is 0 Å². The Kier molecular flexibility index (Phi) is 5.07. The van der Waals surface area contributed by atoms with Crippen LogP contribution in [0.4, 0.5) is 5.69 Å². The van der Waals surface area contributed by atoms with Crippen LogP contribution in [0.2, 0.25) is 0 Å². The number of aliphatic imine (C=N–C) groups is 1. The summed E-state index contributed by atoms with van der Waals surface area (Å²) in [6.07, 6.45) is 1.13. The summed E-state index contributed by atoms with van der Waals surface area (Å²) < 4.78 is 0. The van der Waals surface area contributed by atoms with E-state index in [0.29, 0.717) is 12.0 Å². The van der Waals surface area contributed by atoms with Gasteiger partial charge in [0.25, 0.3) is 0 Å². The SMILES string of the molecule is CC(C)C(CNC1=NCCCN1)Nc1ccccc1. The number of guanidine groups is 1. The van der Waals surface area contributed by atoms with Gasteiger partial charge in [-0.05, 0) is 24.5 Å². The molecule has 0 saturated carbocycles. The first kappa shape index (κ1) is 13.7. The predicted octanol–water partition coefficient (Wildman–Crippen LogP) is 2.06. The molecule has 19 heavy (non-hydrogen) atoms. The highest BCUT2D eigenvalue weighted by molar-refractivity contribution is 5.80. The molecule has 3 N–H and O–H groups in total. The summed E-state index contributed by atoms with van der Waals surface area (Å²) in [6.45, 7) is 7.28. The molecule has 104 valence electrons. The van der Waals surface area contributed by atoms with Crippen molar-refractivity contribution in [1.29, 1.82) is 0 Å². The zero-order valence-corrected chi connectivity index (χ0v) is 11.8. The molecule has 1 aromatic rings. The molecule has 1 heterocycles. The fraction of sp³-hybridized carbons (Fsp3) is 0.533. The molecule has 4 heteroatoms. The number of nitrogens with one attached hydrogen (secondary N) is 3. The summed E-state index contributed by atoms with van der Waals surface area (Å²) in [6, 6.07) is 10.7. The van der Waals surface area contributed by atoms with Crippen LogP contribution < -0.4 is 16.0 Å². The van der Waals surface area contributed by atoms with Crippen LogP contribution >= 0.6 is 0 Å². The van der Waals surface area contributed by atoms with Gasteiger partial charge in [0, 0.05) is 31.4 Å². The standard InChI is InChI=1S/C15H24N4/c1-12(2)14(19-13-7-4-3-5-8-13)11-18-15-16-9-6-10-17-15/h3-5,7-8,12,14,19H,6,9-11H2,1-2H3,(H2,16,17,18). The molecule has 0 spiro atoms. The van der Waals surface area contributed by atoms with E-state index in [4.69, 9.17) is 0 Å². The Morgan fingerprint density at radius 1 is 1.26 bits per heavy atom. The van der Waals surface area contributed by atoms with Crippen molar-refractivity contribution in [1.82, 2.24) is 10.6 Å². The van der Waals surface area contributed by atoms with Crippen molar-refractivity contribution in [3.63, 3.8) is 0 Å². The van der Waals surface area contributed by atoms with Gasteiger partial charge >= 0.3 is 0 Å². The second-order valence-corrected chi connectivity index (χ2v) is 5.25. The fourth-order valence-corrected chi connectivity index (χ4v) is 2.06. The first-order chi connectivity index (χ1) is 9.25. The minimum Gasteiger partial charge on any atom is -0.380 e. The van der Waals surface area contributed by atoms with Crippen LogP contribution in [0.3, 0.4) is 0 Å². The Morgan fingerprint density at radius 3 is 2.68 bits per heavy atom. The van der Waals surface area contributed by atoms with E-state index < -0.39 is 0 Å². The van der Waals surface area contributed by atoms with Crippen LogP contribution in [-0.2, 0) is 0 Å². The molecule has 4 nitrogen and oxygen atoms in total. The van der Waals surface area contributed by atoms with E-state index in [2.05, 4.69) is 59.1 Å². The smallest absolute Gasteiger partial charge is 0.191 e. The van der Waals surface area contributed by atoms with Gasteiger partial charge in [0.1, 0.15) is 0 Å². The van der Waals surface area contributed by atoms with Crippen molar-refractivity contribution in [2.45, 2.75) is 26.3 Å².